The second-order valence-electron chi connectivity index (χ2n) is 5.72. The van der Waals surface area contributed by atoms with Crippen LogP contribution in [0.15, 0.2) is 65.7 Å². The largest absolute Gasteiger partial charge is 0.334 e. The summed E-state index contributed by atoms with van der Waals surface area (Å²) in [7, 11) is 0. The number of nitrogens with one attached hydrogen (secondary N) is 2. The summed E-state index contributed by atoms with van der Waals surface area (Å²) in [6.45, 7) is 0. The van der Waals surface area contributed by atoms with Crippen LogP contribution in [0, 0.1) is 11.3 Å². The Kier molecular flexibility index (Phi) is 4.30. The molecule has 4 rings (SSSR count). The summed E-state index contributed by atoms with van der Waals surface area (Å²) in [5.74, 6) is 0.0169. The van der Waals surface area contributed by atoms with E-state index in [-0.39, 0.29) is 11.7 Å². The van der Waals surface area contributed by atoms with Gasteiger partial charge in [0.2, 0.25) is 5.91 Å². The molecular weight excluding hydrogens is 344 g/mol. The lowest BCUT2D eigenvalue weighted by molar-refractivity contribution is -0.113. The zero-order valence-electron chi connectivity index (χ0n) is 13.7. The van der Waals surface area contributed by atoms with Gasteiger partial charge in [0.25, 0.3) is 0 Å². The molecule has 0 fully saturated rings. The number of amidine groups is 1. The first kappa shape index (κ1) is 16.2. The molecule has 0 aromatic heterocycles. The smallest absolute Gasteiger partial charge is 0.234 e. The van der Waals surface area contributed by atoms with E-state index in [4.69, 9.17) is 5.26 Å². The molecular formula is C20H14N4OS. The van der Waals surface area contributed by atoms with E-state index < -0.39 is 0 Å². The SMILES string of the molecule is N#Cc1ccccc1NC(=O)CSC1=Nc2cccc3cccc(c23)N1. The molecule has 0 saturated carbocycles. The Morgan fingerprint density at radius 1 is 1.12 bits per heavy atom. The minimum absolute atomic E-state index is 0.181. The van der Waals surface area contributed by atoms with Gasteiger partial charge in [0.05, 0.1) is 28.4 Å². The minimum Gasteiger partial charge on any atom is -0.334 e. The first-order chi connectivity index (χ1) is 12.7. The zero-order valence-corrected chi connectivity index (χ0v) is 14.5. The number of benzene rings is 3. The molecule has 0 saturated heterocycles. The van der Waals surface area contributed by atoms with Crippen LogP contribution in [0.5, 0.6) is 0 Å². The first-order valence-electron chi connectivity index (χ1n) is 8.04. The number of para-hydroxylation sites is 1. The average Bonchev–Trinajstić information content (AvgIpc) is 2.67. The molecule has 3 aromatic rings. The maximum absolute atomic E-state index is 12.2. The van der Waals surface area contributed by atoms with Crippen molar-refractivity contribution in [3.63, 3.8) is 0 Å². The highest BCUT2D eigenvalue weighted by atomic mass is 32.2. The Morgan fingerprint density at radius 3 is 2.77 bits per heavy atom. The third-order valence-electron chi connectivity index (χ3n) is 4.01. The van der Waals surface area contributed by atoms with E-state index in [9.17, 15) is 4.79 Å². The second kappa shape index (κ2) is 6.90. The fourth-order valence-corrected chi connectivity index (χ4v) is 3.53. The van der Waals surface area contributed by atoms with Gasteiger partial charge in [-0.15, -0.1) is 0 Å². The highest BCUT2D eigenvalue weighted by molar-refractivity contribution is 8.14. The van der Waals surface area contributed by atoms with Crippen LogP contribution in [0.4, 0.5) is 17.1 Å². The van der Waals surface area contributed by atoms with Gasteiger partial charge < -0.3 is 10.6 Å². The lowest BCUT2D eigenvalue weighted by Crippen LogP contribution is -2.19. The number of thioether (sulfide) groups is 1. The summed E-state index contributed by atoms with van der Waals surface area (Å²) < 4.78 is 0. The van der Waals surface area contributed by atoms with Gasteiger partial charge >= 0.3 is 0 Å². The number of anilines is 2. The van der Waals surface area contributed by atoms with Crippen molar-refractivity contribution in [3.05, 3.63) is 66.2 Å². The van der Waals surface area contributed by atoms with Crippen molar-refractivity contribution in [2.45, 2.75) is 0 Å². The van der Waals surface area contributed by atoms with E-state index in [0.29, 0.717) is 16.4 Å². The molecule has 1 amide bonds. The lowest BCUT2D eigenvalue weighted by Gasteiger charge is -2.18. The number of amides is 1. The minimum atomic E-state index is -0.181. The molecule has 0 unspecified atom stereocenters. The lowest BCUT2D eigenvalue weighted by atomic mass is 10.1. The summed E-state index contributed by atoms with van der Waals surface area (Å²) in [4.78, 5) is 16.8. The van der Waals surface area contributed by atoms with Gasteiger partial charge in [0.15, 0.2) is 5.17 Å². The van der Waals surface area contributed by atoms with Crippen molar-refractivity contribution in [1.82, 2.24) is 0 Å². The number of carbonyl (C=O) groups excluding carboxylic acids is 1. The van der Waals surface area contributed by atoms with Crippen molar-refractivity contribution in [3.8, 4) is 6.07 Å². The highest BCUT2D eigenvalue weighted by Gasteiger charge is 2.16. The number of rotatable bonds is 3. The number of nitriles is 1. The molecule has 2 N–H and O–H groups in total. The van der Waals surface area contributed by atoms with Crippen LogP contribution in [0.2, 0.25) is 0 Å². The van der Waals surface area contributed by atoms with Gasteiger partial charge in [-0.25, -0.2) is 4.99 Å². The number of carbonyl (C=O) groups is 1. The quantitative estimate of drug-likeness (QED) is 0.723. The summed E-state index contributed by atoms with van der Waals surface area (Å²) >= 11 is 1.33. The van der Waals surface area contributed by atoms with Gasteiger partial charge in [-0.1, -0.05) is 48.2 Å². The van der Waals surface area contributed by atoms with Crippen molar-refractivity contribution in [1.29, 1.82) is 5.26 Å². The van der Waals surface area contributed by atoms with Gasteiger partial charge in [-0.3, -0.25) is 4.79 Å². The van der Waals surface area contributed by atoms with E-state index in [1.165, 1.54) is 11.8 Å². The van der Waals surface area contributed by atoms with Gasteiger partial charge in [-0.2, -0.15) is 5.26 Å². The molecule has 5 nitrogen and oxygen atoms in total. The molecule has 126 valence electrons. The second-order valence-corrected chi connectivity index (χ2v) is 6.68. The van der Waals surface area contributed by atoms with Gasteiger partial charge in [0.1, 0.15) is 6.07 Å². The summed E-state index contributed by atoms with van der Waals surface area (Å²) in [5.41, 5.74) is 2.86. The molecule has 6 heteroatoms. The van der Waals surface area contributed by atoms with Gasteiger partial charge in [-0.05, 0) is 29.7 Å². The maximum atomic E-state index is 12.2. The Hall–Kier alpha value is -3.30. The molecule has 1 aliphatic heterocycles. The van der Waals surface area contributed by atoms with Crippen LogP contribution < -0.4 is 10.6 Å². The van der Waals surface area contributed by atoms with Gasteiger partial charge in [0, 0.05) is 5.39 Å². The average molecular weight is 358 g/mol. The Balaban J connectivity index is 1.47. The molecule has 1 aliphatic rings. The molecule has 0 aliphatic carbocycles. The maximum Gasteiger partial charge on any atom is 0.234 e. The summed E-state index contributed by atoms with van der Waals surface area (Å²) in [5, 5.41) is 18.1. The molecule has 1 heterocycles. The van der Waals surface area contributed by atoms with E-state index in [2.05, 4.69) is 33.8 Å². The molecule has 3 aromatic carbocycles. The Bertz CT molecular complexity index is 1080. The predicted octanol–water partition coefficient (Wildman–Crippen LogP) is 4.50. The molecule has 0 radical (unpaired) electrons. The molecule has 0 atom stereocenters. The van der Waals surface area contributed by atoms with Crippen LogP contribution in [-0.2, 0) is 4.79 Å². The van der Waals surface area contributed by atoms with Crippen molar-refractivity contribution in [2.75, 3.05) is 16.4 Å². The fourth-order valence-electron chi connectivity index (χ4n) is 2.85. The first-order valence-corrected chi connectivity index (χ1v) is 9.02. The molecule has 0 bridgehead atoms. The third kappa shape index (κ3) is 3.13. The Labute approximate surface area is 154 Å². The van der Waals surface area contributed by atoms with Crippen LogP contribution in [0.1, 0.15) is 5.56 Å². The van der Waals surface area contributed by atoms with Crippen molar-refractivity contribution in [2.24, 2.45) is 4.99 Å². The van der Waals surface area contributed by atoms with Crippen LogP contribution in [-0.4, -0.2) is 16.8 Å². The third-order valence-corrected chi connectivity index (χ3v) is 4.88. The number of nitrogens with zero attached hydrogens (tertiary/aromatic N) is 2. The van der Waals surface area contributed by atoms with Crippen molar-refractivity contribution < 1.29 is 4.79 Å². The van der Waals surface area contributed by atoms with E-state index in [1.807, 2.05) is 24.3 Å². The van der Waals surface area contributed by atoms with Crippen LogP contribution in [0.25, 0.3) is 10.8 Å². The number of hydrogen-bond donors (Lipinski definition) is 2. The normalized spacial score (nSPS) is 12.0. The monoisotopic (exact) mass is 358 g/mol. The van der Waals surface area contributed by atoms with Crippen LogP contribution in [0.3, 0.4) is 0 Å². The van der Waals surface area contributed by atoms with Crippen LogP contribution >= 0.6 is 11.8 Å². The highest BCUT2D eigenvalue weighted by Crippen LogP contribution is 2.36. The van der Waals surface area contributed by atoms with E-state index in [0.717, 1.165) is 22.1 Å². The molecule has 26 heavy (non-hydrogen) atoms. The fraction of sp³-hybridized carbons (Fsp3) is 0.0500. The standard InChI is InChI=1S/C20H14N4OS/c21-11-14-5-1-2-8-15(14)22-18(25)12-26-20-23-16-9-3-6-13-7-4-10-17(24-20)19(13)16/h1-10H,12H2,(H,22,25)(H,23,24). The van der Waals surface area contributed by atoms with E-state index >= 15 is 0 Å². The molecule has 0 spiro atoms. The van der Waals surface area contributed by atoms with E-state index in [1.54, 1.807) is 24.3 Å². The summed E-state index contributed by atoms with van der Waals surface area (Å²) in [6.07, 6.45) is 0. The summed E-state index contributed by atoms with van der Waals surface area (Å²) in [6, 6.07) is 21.1. The topological polar surface area (TPSA) is 77.3 Å². The van der Waals surface area contributed by atoms with Crippen molar-refractivity contribution >= 4 is 50.7 Å². The Morgan fingerprint density at radius 2 is 1.92 bits per heavy atom. The number of hydrogen-bond acceptors (Lipinski definition) is 5. The predicted molar refractivity (Wildman–Crippen MR) is 107 cm³/mol. The number of aliphatic imine (C=N–C) groups is 1. The zero-order chi connectivity index (χ0) is 17.9.